The van der Waals surface area contributed by atoms with Gasteiger partial charge in [-0.05, 0) is 70.1 Å². The van der Waals surface area contributed by atoms with Gasteiger partial charge in [0, 0.05) is 90.2 Å². The number of nitrogens with zero attached hydrogens (tertiary/aromatic N) is 4. The number of aromatic nitrogens is 2. The van der Waals surface area contributed by atoms with Gasteiger partial charge in [0.25, 0.3) is 0 Å². The van der Waals surface area contributed by atoms with Crippen LogP contribution in [-0.4, -0.2) is 86.1 Å². The summed E-state index contributed by atoms with van der Waals surface area (Å²) in [5.41, 5.74) is 3.48. The first kappa shape index (κ1) is 31.3. The number of halogens is 2. The summed E-state index contributed by atoms with van der Waals surface area (Å²) < 4.78 is 34.5. The fraction of sp³-hybridized carbons (Fsp3) is 0.484. The fourth-order valence-corrected chi connectivity index (χ4v) is 8.80. The third kappa shape index (κ3) is 6.10. The van der Waals surface area contributed by atoms with Gasteiger partial charge in [-0.1, -0.05) is 23.2 Å². The second kappa shape index (κ2) is 12.3. The van der Waals surface area contributed by atoms with Crippen LogP contribution >= 0.6 is 23.2 Å². The van der Waals surface area contributed by atoms with Crippen LogP contribution in [0, 0.1) is 0 Å². The average molecular weight is 662 g/mol. The molecule has 2 fully saturated rings. The molecule has 0 atom stereocenters. The number of Topliss-reactive ketones (excluding diaryl/α,β-unsaturated/α-hetero) is 1. The number of carbonyl (C=O) groups is 1. The van der Waals surface area contributed by atoms with E-state index in [0.717, 1.165) is 50.4 Å². The topological polar surface area (TPSA) is 111 Å². The highest BCUT2D eigenvalue weighted by molar-refractivity contribution is 7.89. The van der Waals surface area contributed by atoms with E-state index in [0.29, 0.717) is 35.7 Å². The molecule has 4 heterocycles. The number of rotatable bonds is 8. The number of fused-ring (bicyclic) bond motifs is 1. The third-order valence-electron chi connectivity index (χ3n) is 8.97. The number of ether oxygens (including phenoxy) is 1. The summed E-state index contributed by atoms with van der Waals surface area (Å²) in [5.74, 6) is -0.0725. The normalized spacial score (nSPS) is 19.7. The quantitative estimate of drug-likeness (QED) is 0.328. The lowest BCUT2D eigenvalue weighted by molar-refractivity contribution is 0.0904. The van der Waals surface area contributed by atoms with Crippen molar-refractivity contribution in [1.82, 2.24) is 19.4 Å². The molecule has 3 aliphatic rings. The number of benzene rings is 2. The highest BCUT2D eigenvalue weighted by Gasteiger charge is 2.48. The second-order valence-corrected chi connectivity index (χ2v) is 15.1. The number of anilines is 2. The molecule has 6 rings (SSSR count). The van der Waals surface area contributed by atoms with Gasteiger partial charge in [0.05, 0.1) is 22.5 Å². The van der Waals surface area contributed by atoms with Crippen molar-refractivity contribution in [3.8, 4) is 0 Å². The van der Waals surface area contributed by atoms with Gasteiger partial charge in [-0.15, -0.1) is 0 Å². The lowest BCUT2D eigenvalue weighted by Gasteiger charge is -2.34. The van der Waals surface area contributed by atoms with E-state index >= 15 is 0 Å². The molecule has 3 aliphatic heterocycles. The highest BCUT2D eigenvalue weighted by Crippen LogP contribution is 2.43. The predicted octanol–water partition coefficient (Wildman–Crippen LogP) is 4.92. The molecule has 2 saturated heterocycles. The van der Waals surface area contributed by atoms with Crippen LogP contribution in [0.25, 0.3) is 0 Å². The molecule has 0 spiro atoms. The number of carbonyl (C=O) groups excluding carboxylic acids is 1. The fourth-order valence-electron chi connectivity index (χ4n) is 6.35. The largest absolute Gasteiger partial charge is 0.381 e. The first-order valence-corrected chi connectivity index (χ1v) is 17.1. The number of piperazine rings is 1. The van der Waals surface area contributed by atoms with Gasteiger partial charge < -0.3 is 19.9 Å². The van der Waals surface area contributed by atoms with Crippen LogP contribution in [0.4, 0.5) is 11.4 Å². The summed E-state index contributed by atoms with van der Waals surface area (Å²) in [4.78, 5) is 18.6. The Kier molecular flexibility index (Phi) is 8.73. The molecule has 10 nitrogen and oxygen atoms in total. The Hall–Kier alpha value is -2.67. The van der Waals surface area contributed by atoms with Crippen molar-refractivity contribution in [2.75, 3.05) is 56.7 Å². The molecule has 0 saturated carbocycles. The number of H-pyrrole nitrogens is 1. The summed E-state index contributed by atoms with van der Waals surface area (Å²) in [5, 5.41) is 11.7. The first-order chi connectivity index (χ1) is 20.9. The van der Waals surface area contributed by atoms with Crippen LogP contribution < -0.4 is 10.2 Å². The molecule has 0 amide bonds. The Morgan fingerprint density at radius 2 is 1.75 bits per heavy atom. The van der Waals surface area contributed by atoms with Crippen molar-refractivity contribution in [2.45, 2.75) is 56.1 Å². The molecule has 2 N–H and O–H groups in total. The van der Waals surface area contributed by atoms with Crippen LogP contribution in [-0.2, 0) is 33.3 Å². The molecule has 13 heteroatoms. The molecule has 44 heavy (non-hydrogen) atoms. The molecule has 0 aliphatic carbocycles. The lowest BCUT2D eigenvalue weighted by atomic mass is 9.98. The Labute approximate surface area is 268 Å². The minimum atomic E-state index is -3.97. The van der Waals surface area contributed by atoms with Crippen molar-refractivity contribution >= 4 is 50.4 Å². The average Bonchev–Trinajstić information content (AvgIpc) is 3.51. The standard InChI is InChI=1S/C31H38Cl2N6O4S/c1-31(2)30-26(19-39(31)44(41,42)24-15-20(32)14-21(33)16-24)28(35-36-30)18-29(40)25-5-4-23(38-10-8-37(3)9-11-38)17-27(25)34-22-6-12-43-13-7-22/h4-5,14-17,22,34H,6-13,18-19H2,1-3H3,(H,35,36). The summed E-state index contributed by atoms with van der Waals surface area (Å²) in [6.45, 7) is 8.90. The smallest absolute Gasteiger partial charge is 0.244 e. The molecule has 0 bridgehead atoms. The van der Waals surface area contributed by atoms with E-state index in [4.69, 9.17) is 27.9 Å². The van der Waals surface area contributed by atoms with Crippen LogP contribution in [0.15, 0.2) is 41.3 Å². The number of ketones is 1. The SMILES string of the molecule is CN1CCN(c2ccc(C(=O)Cc3[nH]nc4c3CN(S(=O)(=O)c3cc(Cl)cc(Cl)c3)C4(C)C)c(NC3CCOCC3)c2)CC1. The number of nitrogens with one attached hydrogen (secondary N) is 2. The van der Waals surface area contributed by atoms with E-state index in [9.17, 15) is 13.2 Å². The Balaban J connectivity index is 1.27. The van der Waals surface area contributed by atoms with Crippen LogP contribution in [0.1, 0.15) is 54.0 Å². The zero-order valence-corrected chi connectivity index (χ0v) is 27.5. The number of aromatic amines is 1. The highest BCUT2D eigenvalue weighted by atomic mass is 35.5. The Bertz CT molecular complexity index is 1640. The van der Waals surface area contributed by atoms with Gasteiger partial charge in [-0.2, -0.15) is 9.40 Å². The van der Waals surface area contributed by atoms with Crippen molar-refractivity contribution in [3.05, 3.63) is 69.0 Å². The minimum Gasteiger partial charge on any atom is -0.381 e. The Morgan fingerprint density at radius 1 is 1.07 bits per heavy atom. The first-order valence-electron chi connectivity index (χ1n) is 14.9. The maximum absolute atomic E-state index is 13.9. The maximum atomic E-state index is 13.9. The lowest BCUT2D eigenvalue weighted by Crippen LogP contribution is -2.44. The van der Waals surface area contributed by atoms with Gasteiger partial charge >= 0.3 is 0 Å². The molecule has 3 aromatic rings. The van der Waals surface area contributed by atoms with E-state index in [1.54, 1.807) is 0 Å². The summed E-state index contributed by atoms with van der Waals surface area (Å²) in [6, 6.07) is 10.5. The zero-order valence-electron chi connectivity index (χ0n) is 25.2. The summed E-state index contributed by atoms with van der Waals surface area (Å²) in [7, 11) is -1.84. The number of sulfonamides is 1. The van der Waals surface area contributed by atoms with E-state index in [1.165, 1.54) is 22.5 Å². The molecule has 2 aromatic carbocycles. The second-order valence-electron chi connectivity index (χ2n) is 12.4. The van der Waals surface area contributed by atoms with Crippen LogP contribution in [0.5, 0.6) is 0 Å². The number of hydrogen-bond donors (Lipinski definition) is 2. The molecule has 1 aromatic heterocycles. The Morgan fingerprint density at radius 3 is 2.43 bits per heavy atom. The summed E-state index contributed by atoms with van der Waals surface area (Å²) in [6.07, 6.45) is 1.81. The van der Waals surface area contributed by atoms with E-state index in [1.807, 2.05) is 26.0 Å². The van der Waals surface area contributed by atoms with Gasteiger partial charge in [0.15, 0.2) is 5.78 Å². The van der Waals surface area contributed by atoms with Gasteiger partial charge in [0.2, 0.25) is 10.0 Å². The third-order valence-corrected chi connectivity index (χ3v) is 11.4. The van der Waals surface area contributed by atoms with Gasteiger partial charge in [-0.25, -0.2) is 8.42 Å². The van der Waals surface area contributed by atoms with E-state index in [-0.39, 0.29) is 39.7 Å². The number of likely N-dealkylation sites (N-methyl/N-ethyl adjacent to an activating group) is 1. The molecule has 0 radical (unpaired) electrons. The minimum absolute atomic E-state index is 0.0131. The molecule has 0 unspecified atom stereocenters. The van der Waals surface area contributed by atoms with Crippen LogP contribution in [0.3, 0.4) is 0 Å². The van der Waals surface area contributed by atoms with E-state index in [2.05, 4.69) is 38.4 Å². The maximum Gasteiger partial charge on any atom is 0.244 e. The number of hydrogen-bond acceptors (Lipinski definition) is 8. The van der Waals surface area contributed by atoms with Crippen molar-refractivity contribution in [1.29, 1.82) is 0 Å². The van der Waals surface area contributed by atoms with Crippen LogP contribution in [0.2, 0.25) is 10.0 Å². The monoisotopic (exact) mass is 660 g/mol. The summed E-state index contributed by atoms with van der Waals surface area (Å²) >= 11 is 12.3. The van der Waals surface area contributed by atoms with Gasteiger partial charge in [0.1, 0.15) is 0 Å². The molecular weight excluding hydrogens is 623 g/mol. The van der Waals surface area contributed by atoms with Crippen molar-refractivity contribution < 1.29 is 17.9 Å². The molecule has 236 valence electrons. The predicted molar refractivity (Wildman–Crippen MR) is 172 cm³/mol. The molecular formula is C31H38Cl2N6O4S. The van der Waals surface area contributed by atoms with E-state index < -0.39 is 15.6 Å². The van der Waals surface area contributed by atoms with Crippen molar-refractivity contribution in [2.24, 2.45) is 0 Å². The van der Waals surface area contributed by atoms with Gasteiger partial charge in [-0.3, -0.25) is 9.89 Å². The zero-order chi connectivity index (χ0) is 31.2. The van der Waals surface area contributed by atoms with Crippen molar-refractivity contribution in [3.63, 3.8) is 0 Å².